The zero-order valence-corrected chi connectivity index (χ0v) is 20.4. The van der Waals surface area contributed by atoms with Crippen molar-refractivity contribution in [2.24, 2.45) is 5.10 Å². The molecular formula is C25H23F3N6O4. The van der Waals surface area contributed by atoms with Crippen molar-refractivity contribution < 1.29 is 32.6 Å². The van der Waals surface area contributed by atoms with E-state index in [1.165, 1.54) is 39.0 Å². The van der Waals surface area contributed by atoms with Gasteiger partial charge in [-0.1, -0.05) is 0 Å². The molecule has 2 aromatic heterocycles. The highest BCUT2D eigenvalue weighted by atomic mass is 19.1. The van der Waals surface area contributed by atoms with Crippen molar-refractivity contribution in [2.75, 3.05) is 13.1 Å². The molecule has 198 valence electrons. The van der Waals surface area contributed by atoms with E-state index in [1.54, 1.807) is 13.8 Å². The number of aryl methyl sites for hydroxylation is 1. The Morgan fingerprint density at radius 1 is 1.11 bits per heavy atom. The molecule has 0 bridgehead atoms. The van der Waals surface area contributed by atoms with Gasteiger partial charge in [-0.15, -0.1) is 0 Å². The number of ether oxygens (including phenoxy) is 1. The molecule has 1 N–H and O–H groups in total. The first-order valence-electron chi connectivity index (χ1n) is 11.8. The number of pyridine rings is 1. The molecule has 2 atom stereocenters. The van der Waals surface area contributed by atoms with E-state index in [9.17, 15) is 27.9 Å². The number of benzene rings is 1. The maximum absolute atomic E-state index is 14.6. The highest BCUT2D eigenvalue weighted by Crippen LogP contribution is 2.32. The van der Waals surface area contributed by atoms with Crippen LogP contribution >= 0.6 is 0 Å². The molecule has 3 aromatic rings. The number of likely N-dealkylation sites (tertiary alicyclic amines) is 1. The van der Waals surface area contributed by atoms with Crippen LogP contribution in [0.3, 0.4) is 0 Å². The molecule has 13 heteroatoms. The fourth-order valence-corrected chi connectivity index (χ4v) is 4.76. The molecule has 1 saturated heterocycles. The molecule has 0 spiro atoms. The number of carboxylic acid groups (broad SMARTS) is 1. The Morgan fingerprint density at radius 2 is 1.84 bits per heavy atom. The summed E-state index contributed by atoms with van der Waals surface area (Å²) in [5, 5.41) is 18.9. The predicted octanol–water partition coefficient (Wildman–Crippen LogP) is 4.01. The molecular weight excluding hydrogens is 505 g/mol. The van der Waals surface area contributed by atoms with Crippen LogP contribution < -0.4 is 4.74 Å². The van der Waals surface area contributed by atoms with Crippen molar-refractivity contribution in [3.63, 3.8) is 0 Å². The van der Waals surface area contributed by atoms with E-state index < -0.39 is 41.6 Å². The van der Waals surface area contributed by atoms with Crippen LogP contribution in [-0.2, 0) is 0 Å². The lowest BCUT2D eigenvalue weighted by atomic mass is 10.0. The third-order valence-corrected chi connectivity index (χ3v) is 6.53. The number of carbonyl (C=O) groups excluding carboxylic acids is 1. The number of carboxylic acids is 1. The highest BCUT2D eigenvalue weighted by molar-refractivity contribution is 5.90. The molecule has 1 fully saturated rings. The molecule has 2 aliphatic heterocycles. The fourth-order valence-electron chi connectivity index (χ4n) is 4.76. The lowest BCUT2D eigenvalue weighted by Gasteiger charge is -2.27. The highest BCUT2D eigenvalue weighted by Gasteiger charge is 2.36. The van der Waals surface area contributed by atoms with Crippen molar-refractivity contribution in [1.29, 1.82) is 0 Å². The topological polar surface area (TPSA) is 113 Å². The van der Waals surface area contributed by atoms with E-state index in [0.29, 0.717) is 30.6 Å². The molecule has 10 nitrogen and oxygen atoms in total. The number of urea groups is 1. The predicted molar refractivity (Wildman–Crippen MR) is 128 cm³/mol. The summed E-state index contributed by atoms with van der Waals surface area (Å²) in [6, 6.07) is 3.32. The van der Waals surface area contributed by atoms with E-state index >= 15 is 0 Å². The minimum atomic E-state index is -1.13. The smallest absolute Gasteiger partial charge is 0.341 e. The second-order valence-electron chi connectivity index (χ2n) is 9.09. The normalized spacial score (nSPS) is 18.9. The number of halogens is 3. The van der Waals surface area contributed by atoms with Crippen LogP contribution in [-0.4, -0.2) is 67.2 Å². The summed E-state index contributed by atoms with van der Waals surface area (Å²) in [4.78, 5) is 30.2. The van der Waals surface area contributed by atoms with Gasteiger partial charge >= 0.3 is 12.0 Å². The first-order chi connectivity index (χ1) is 18.1. The van der Waals surface area contributed by atoms with Gasteiger partial charge in [0.25, 0.3) is 0 Å². The molecule has 2 amide bonds. The van der Waals surface area contributed by atoms with Crippen LogP contribution in [0.15, 0.2) is 35.6 Å². The zero-order valence-electron chi connectivity index (χ0n) is 20.4. The number of hydrazone groups is 1. The van der Waals surface area contributed by atoms with Gasteiger partial charge in [-0.2, -0.15) is 10.2 Å². The van der Waals surface area contributed by atoms with Gasteiger partial charge in [0.1, 0.15) is 23.3 Å². The number of amides is 2. The first-order valence-corrected chi connectivity index (χ1v) is 11.8. The zero-order chi connectivity index (χ0) is 27.1. The fraction of sp³-hybridized carbons (Fsp3) is 0.320. The van der Waals surface area contributed by atoms with Gasteiger partial charge in [0.15, 0.2) is 17.4 Å². The molecule has 4 heterocycles. The van der Waals surface area contributed by atoms with Crippen molar-refractivity contribution >= 4 is 18.2 Å². The first kappa shape index (κ1) is 25.2. The summed E-state index contributed by atoms with van der Waals surface area (Å²) < 4.78 is 49.2. The summed E-state index contributed by atoms with van der Waals surface area (Å²) in [6.45, 7) is 3.56. The number of nitrogens with zero attached hydrogens (tertiary/aromatic N) is 6. The standard InChI is InChI=1S/C25H23F3N6O4/c1-13-23(24(35)36)14(2)33(31-13)22-10-21(19(28)11-29-22)38-18-4-6-32(12-18)25(37)34-20(3-5-30-34)15-7-16(26)9-17(27)8-15/h5,7-11,18,20H,3-4,6,12H2,1-2H3,(H,35,36)/t18?,20-/m0/s1. The van der Waals surface area contributed by atoms with Gasteiger partial charge in [-0.05, 0) is 31.5 Å². The Kier molecular flexibility index (Phi) is 6.51. The Labute approximate surface area is 214 Å². The molecule has 0 aliphatic carbocycles. The number of carbonyl (C=O) groups is 2. The van der Waals surface area contributed by atoms with Crippen molar-refractivity contribution in [3.8, 4) is 11.6 Å². The molecule has 38 heavy (non-hydrogen) atoms. The average Bonchev–Trinajstić information content (AvgIpc) is 3.58. The lowest BCUT2D eigenvalue weighted by Crippen LogP contribution is -2.40. The Morgan fingerprint density at radius 3 is 2.53 bits per heavy atom. The lowest BCUT2D eigenvalue weighted by molar-refractivity contribution is 0.0695. The molecule has 2 aliphatic rings. The van der Waals surface area contributed by atoms with E-state index in [4.69, 9.17) is 4.74 Å². The average molecular weight is 528 g/mol. The molecule has 0 radical (unpaired) electrons. The minimum Gasteiger partial charge on any atom is -0.485 e. The summed E-state index contributed by atoms with van der Waals surface area (Å²) in [5.74, 6) is -3.29. The van der Waals surface area contributed by atoms with Crippen LogP contribution in [0.25, 0.3) is 5.82 Å². The van der Waals surface area contributed by atoms with Gasteiger partial charge < -0.3 is 14.7 Å². The Hall–Kier alpha value is -4.42. The maximum Gasteiger partial charge on any atom is 0.341 e. The van der Waals surface area contributed by atoms with Gasteiger partial charge in [-0.3, -0.25) is 0 Å². The monoisotopic (exact) mass is 528 g/mol. The minimum absolute atomic E-state index is 0.0346. The number of hydrogen-bond donors (Lipinski definition) is 1. The van der Waals surface area contributed by atoms with Gasteiger partial charge in [0.05, 0.1) is 30.2 Å². The second-order valence-corrected chi connectivity index (χ2v) is 9.09. The van der Waals surface area contributed by atoms with Gasteiger partial charge in [-0.25, -0.2) is 37.4 Å². The van der Waals surface area contributed by atoms with Gasteiger partial charge in [0, 0.05) is 37.7 Å². The van der Waals surface area contributed by atoms with Gasteiger partial charge in [0.2, 0.25) is 0 Å². The van der Waals surface area contributed by atoms with E-state index in [2.05, 4.69) is 15.2 Å². The van der Waals surface area contributed by atoms with Crippen molar-refractivity contribution in [2.45, 2.75) is 38.8 Å². The number of rotatable bonds is 5. The third kappa shape index (κ3) is 4.66. The number of aromatic nitrogens is 3. The van der Waals surface area contributed by atoms with Crippen LogP contribution in [0.2, 0.25) is 0 Å². The van der Waals surface area contributed by atoms with E-state index in [0.717, 1.165) is 12.3 Å². The van der Waals surface area contributed by atoms with Crippen LogP contribution in [0.4, 0.5) is 18.0 Å². The van der Waals surface area contributed by atoms with Crippen molar-refractivity contribution in [1.82, 2.24) is 24.7 Å². The van der Waals surface area contributed by atoms with Crippen LogP contribution in [0, 0.1) is 31.3 Å². The Balaban J connectivity index is 1.30. The summed E-state index contributed by atoms with van der Waals surface area (Å²) in [7, 11) is 0. The molecule has 0 saturated carbocycles. The SMILES string of the molecule is Cc1nn(-c2cc(OC3CCN(C(=O)N4N=CC[C@H]4c4cc(F)cc(F)c4)C3)c(F)cn2)c(C)c1C(=O)O. The molecule has 5 rings (SSSR count). The quantitative estimate of drug-likeness (QED) is 0.536. The van der Waals surface area contributed by atoms with E-state index in [-0.39, 0.29) is 29.4 Å². The summed E-state index contributed by atoms with van der Waals surface area (Å²) in [5.41, 5.74) is 0.948. The maximum atomic E-state index is 14.6. The third-order valence-electron chi connectivity index (χ3n) is 6.53. The molecule has 1 unspecified atom stereocenters. The summed E-state index contributed by atoms with van der Waals surface area (Å²) >= 11 is 0. The Bertz CT molecular complexity index is 1440. The largest absolute Gasteiger partial charge is 0.485 e. The van der Waals surface area contributed by atoms with Crippen LogP contribution in [0.1, 0.15) is 46.2 Å². The van der Waals surface area contributed by atoms with Crippen LogP contribution in [0.5, 0.6) is 5.75 Å². The second kappa shape index (κ2) is 9.80. The number of aromatic carboxylic acids is 1. The van der Waals surface area contributed by atoms with E-state index in [1.807, 2.05) is 0 Å². The number of hydrogen-bond acceptors (Lipinski definition) is 6. The van der Waals surface area contributed by atoms with Crippen molar-refractivity contribution in [3.05, 3.63) is 70.4 Å². The molecule has 1 aromatic carbocycles. The summed E-state index contributed by atoms with van der Waals surface area (Å²) in [6.07, 6.45) is 2.64.